The minimum absolute atomic E-state index is 0.539. The second kappa shape index (κ2) is 5.97. The van der Waals surface area contributed by atoms with Crippen LogP contribution in [0.3, 0.4) is 0 Å². The highest BCUT2D eigenvalue weighted by atomic mass is 32.1. The third-order valence-electron chi connectivity index (χ3n) is 2.95. The molecule has 0 fully saturated rings. The van der Waals surface area contributed by atoms with E-state index in [-0.39, 0.29) is 0 Å². The van der Waals surface area contributed by atoms with Gasteiger partial charge in [0.25, 0.3) is 0 Å². The summed E-state index contributed by atoms with van der Waals surface area (Å²) in [5.41, 5.74) is 1.92. The number of benzene rings is 1. The number of thiazole rings is 1. The molecular formula is C15H15N5S. The summed E-state index contributed by atoms with van der Waals surface area (Å²) in [6, 6.07) is 9.83. The molecule has 0 radical (unpaired) electrons. The van der Waals surface area contributed by atoms with E-state index in [0.29, 0.717) is 11.8 Å². The Morgan fingerprint density at radius 2 is 1.90 bits per heavy atom. The van der Waals surface area contributed by atoms with Crippen LogP contribution in [0.25, 0.3) is 10.7 Å². The summed E-state index contributed by atoms with van der Waals surface area (Å²) in [5.74, 6) is 1.20. The number of para-hydroxylation sites is 1. The molecular weight excluding hydrogens is 282 g/mol. The van der Waals surface area contributed by atoms with E-state index >= 15 is 0 Å². The Balaban J connectivity index is 1.91. The molecule has 2 heterocycles. The summed E-state index contributed by atoms with van der Waals surface area (Å²) >= 11 is 1.64. The lowest BCUT2D eigenvalue weighted by Crippen LogP contribution is -1.99. The average molecular weight is 297 g/mol. The van der Waals surface area contributed by atoms with Crippen LogP contribution in [0.4, 0.5) is 11.6 Å². The Morgan fingerprint density at radius 3 is 2.62 bits per heavy atom. The van der Waals surface area contributed by atoms with Crippen molar-refractivity contribution in [3.63, 3.8) is 0 Å². The molecule has 0 aliphatic rings. The zero-order chi connectivity index (χ0) is 14.7. The Morgan fingerprint density at radius 1 is 1.10 bits per heavy atom. The fourth-order valence-electron chi connectivity index (χ4n) is 1.93. The molecule has 3 aromatic rings. The maximum atomic E-state index is 4.52. The maximum absolute atomic E-state index is 4.52. The van der Waals surface area contributed by atoms with Gasteiger partial charge in [-0.2, -0.15) is 4.98 Å². The number of rotatable bonds is 4. The molecule has 0 saturated heterocycles. The largest absolute Gasteiger partial charge is 0.324 e. The van der Waals surface area contributed by atoms with E-state index in [4.69, 9.17) is 0 Å². The van der Waals surface area contributed by atoms with Crippen LogP contribution in [0.2, 0.25) is 0 Å². The van der Waals surface area contributed by atoms with Crippen LogP contribution in [0, 0.1) is 6.92 Å². The number of hydrogen-bond acceptors (Lipinski definition) is 6. The van der Waals surface area contributed by atoms with Crippen molar-refractivity contribution in [3.8, 4) is 10.7 Å². The number of nitrogens with one attached hydrogen (secondary N) is 1. The lowest BCUT2D eigenvalue weighted by atomic mass is 10.3. The zero-order valence-corrected chi connectivity index (χ0v) is 12.7. The van der Waals surface area contributed by atoms with Crippen molar-refractivity contribution in [1.82, 2.24) is 19.9 Å². The summed E-state index contributed by atoms with van der Waals surface area (Å²) in [6.07, 6.45) is 2.45. The molecule has 0 aliphatic heterocycles. The molecule has 0 amide bonds. The monoisotopic (exact) mass is 297 g/mol. The van der Waals surface area contributed by atoms with Crippen LogP contribution in [0.15, 0.2) is 36.7 Å². The van der Waals surface area contributed by atoms with Gasteiger partial charge in [-0.1, -0.05) is 25.1 Å². The van der Waals surface area contributed by atoms with Crippen LogP contribution in [-0.4, -0.2) is 19.9 Å². The van der Waals surface area contributed by atoms with Crippen LogP contribution in [0.1, 0.15) is 17.6 Å². The second-order valence-electron chi connectivity index (χ2n) is 4.50. The molecule has 5 nitrogen and oxygen atoms in total. The van der Waals surface area contributed by atoms with Crippen molar-refractivity contribution in [2.45, 2.75) is 20.3 Å². The van der Waals surface area contributed by atoms with Gasteiger partial charge >= 0.3 is 0 Å². The highest BCUT2D eigenvalue weighted by Crippen LogP contribution is 2.28. The number of anilines is 2. The van der Waals surface area contributed by atoms with Crippen LogP contribution in [0.5, 0.6) is 0 Å². The Kier molecular flexibility index (Phi) is 3.87. The third-order valence-corrected chi connectivity index (χ3v) is 4.25. The molecule has 21 heavy (non-hydrogen) atoms. The number of aromatic nitrogens is 4. The third kappa shape index (κ3) is 3.05. The Labute approximate surface area is 127 Å². The summed E-state index contributed by atoms with van der Waals surface area (Å²) in [5, 5.41) is 4.27. The summed E-state index contributed by atoms with van der Waals surface area (Å²) in [6.45, 7) is 4.08. The fourth-order valence-corrected chi connectivity index (χ4v) is 2.87. The molecule has 2 aromatic heterocycles. The van der Waals surface area contributed by atoms with E-state index in [1.807, 2.05) is 37.3 Å². The molecule has 0 atom stereocenters. The van der Waals surface area contributed by atoms with E-state index in [1.54, 1.807) is 11.3 Å². The summed E-state index contributed by atoms with van der Waals surface area (Å²) in [4.78, 5) is 18.4. The fraction of sp³-hybridized carbons (Fsp3) is 0.200. The van der Waals surface area contributed by atoms with Gasteiger partial charge in [-0.05, 0) is 25.5 Å². The molecule has 1 N–H and O–H groups in total. The van der Waals surface area contributed by atoms with Gasteiger partial charge in [0.05, 0.1) is 15.6 Å². The molecule has 6 heteroatoms. The van der Waals surface area contributed by atoms with Crippen molar-refractivity contribution >= 4 is 23.0 Å². The molecule has 1 aromatic carbocycles. The first kappa shape index (κ1) is 13.6. The number of hydrogen-bond donors (Lipinski definition) is 1. The molecule has 106 valence electrons. The molecule has 0 aliphatic carbocycles. The van der Waals surface area contributed by atoms with Gasteiger partial charge in [0.15, 0.2) is 5.82 Å². The van der Waals surface area contributed by atoms with Crippen molar-refractivity contribution in [3.05, 3.63) is 47.4 Å². The Hall–Kier alpha value is -2.34. The maximum Gasteiger partial charge on any atom is 0.230 e. The van der Waals surface area contributed by atoms with Gasteiger partial charge in [-0.15, -0.1) is 11.3 Å². The van der Waals surface area contributed by atoms with E-state index in [1.165, 1.54) is 6.33 Å². The topological polar surface area (TPSA) is 63.6 Å². The molecule has 0 bridgehead atoms. The first-order valence-corrected chi connectivity index (χ1v) is 7.55. The predicted molar refractivity (Wildman–Crippen MR) is 84.8 cm³/mol. The quantitative estimate of drug-likeness (QED) is 0.797. The van der Waals surface area contributed by atoms with Crippen molar-refractivity contribution in [1.29, 1.82) is 0 Å². The summed E-state index contributed by atoms with van der Waals surface area (Å²) in [7, 11) is 0. The number of aryl methyl sites for hydroxylation is 2. The molecule has 0 spiro atoms. The van der Waals surface area contributed by atoms with Crippen molar-refractivity contribution in [2.75, 3.05) is 5.32 Å². The lowest BCUT2D eigenvalue weighted by molar-refractivity contribution is 1.05. The van der Waals surface area contributed by atoms with Crippen LogP contribution < -0.4 is 5.32 Å². The van der Waals surface area contributed by atoms with Gasteiger partial charge in [-0.3, -0.25) is 0 Å². The average Bonchev–Trinajstić information content (AvgIpc) is 2.90. The minimum Gasteiger partial charge on any atom is -0.324 e. The highest BCUT2D eigenvalue weighted by Gasteiger charge is 2.12. The second-order valence-corrected chi connectivity index (χ2v) is 5.58. The SMILES string of the molecule is CCc1nc(C)c(-c2ncnc(Nc3ccccc3)n2)s1. The van der Waals surface area contributed by atoms with Gasteiger partial charge in [-0.25, -0.2) is 15.0 Å². The highest BCUT2D eigenvalue weighted by molar-refractivity contribution is 7.15. The Bertz CT molecular complexity index is 739. The van der Waals surface area contributed by atoms with E-state index < -0.39 is 0 Å². The normalized spacial score (nSPS) is 10.6. The molecule has 3 rings (SSSR count). The van der Waals surface area contributed by atoms with Gasteiger partial charge in [0, 0.05) is 5.69 Å². The van der Waals surface area contributed by atoms with Crippen LogP contribution in [-0.2, 0) is 6.42 Å². The zero-order valence-electron chi connectivity index (χ0n) is 11.9. The predicted octanol–water partition coefficient (Wildman–Crippen LogP) is 3.61. The lowest BCUT2D eigenvalue weighted by Gasteiger charge is -2.04. The van der Waals surface area contributed by atoms with Gasteiger partial charge in [0.2, 0.25) is 5.95 Å². The molecule has 0 saturated carbocycles. The summed E-state index contributed by atoms with van der Waals surface area (Å²) < 4.78 is 0. The van der Waals surface area contributed by atoms with Crippen molar-refractivity contribution < 1.29 is 0 Å². The molecule has 0 unspecified atom stereocenters. The van der Waals surface area contributed by atoms with E-state index in [2.05, 4.69) is 32.2 Å². The van der Waals surface area contributed by atoms with Crippen LogP contribution >= 0.6 is 11.3 Å². The van der Waals surface area contributed by atoms with Crippen molar-refractivity contribution in [2.24, 2.45) is 0 Å². The first-order valence-electron chi connectivity index (χ1n) is 6.74. The van der Waals surface area contributed by atoms with Gasteiger partial charge in [0.1, 0.15) is 6.33 Å². The van der Waals surface area contributed by atoms with E-state index in [0.717, 1.165) is 27.7 Å². The van der Waals surface area contributed by atoms with E-state index in [9.17, 15) is 0 Å². The van der Waals surface area contributed by atoms with Gasteiger partial charge < -0.3 is 5.32 Å². The minimum atomic E-state index is 0.539. The first-order chi connectivity index (χ1) is 10.3. The standard InChI is InChI=1S/C15H15N5S/c1-3-12-18-10(2)13(21-12)14-16-9-17-15(20-14)19-11-7-5-4-6-8-11/h4-9H,3H2,1-2H3,(H,16,17,19,20). The smallest absolute Gasteiger partial charge is 0.230 e. The number of nitrogens with zero attached hydrogens (tertiary/aromatic N) is 4.